The molecule has 0 rings (SSSR count). The van der Waals surface area contributed by atoms with Crippen molar-refractivity contribution in [1.82, 2.24) is 0 Å². The Morgan fingerprint density at radius 3 is 1.11 bits per heavy atom. The highest BCUT2D eigenvalue weighted by Crippen LogP contribution is 2.03. The van der Waals surface area contributed by atoms with Crippen LogP contribution in [-0.4, -0.2) is 91.7 Å². The van der Waals surface area contributed by atoms with Gasteiger partial charge in [-0.25, -0.2) is 0 Å². The van der Waals surface area contributed by atoms with Crippen molar-refractivity contribution < 1.29 is 40.9 Å². The van der Waals surface area contributed by atoms with Gasteiger partial charge in [-0.2, -0.15) is 0 Å². The molecule has 0 aliphatic heterocycles. The maximum absolute atomic E-state index is 8.96. The number of hydrogen-bond acceptors (Lipinski definition) is 8. The quantitative estimate of drug-likeness (QED) is 0.234. The molecule has 8 N–H and O–H groups in total. The van der Waals surface area contributed by atoms with Crippen LogP contribution in [0.1, 0.15) is 6.92 Å². The van der Waals surface area contributed by atoms with E-state index in [0.717, 1.165) is 0 Å². The Morgan fingerprint density at radius 1 is 0.789 bits per heavy atom. The van der Waals surface area contributed by atoms with Crippen LogP contribution in [0.4, 0.5) is 0 Å². The SMILES string of the molecule is C=CC.OCCO.OC[C@@H](O)[C@@H](O)[C@H](O)[C@H](O)CO. The van der Waals surface area contributed by atoms with Crippen LogP contribution < -0.4 is 0 Å². The lowest BCUT2D eigenvalue weighted by molar-refractivity contribution is -0.123. The molecule has 0 aromatic heterocycles. The Bertz CT molecular complexity index is 162. The molecule has 0 aromatic carbocycles. The molecule has 8 nitrogen and oxygen atoms in total. The summed E-state index contributed by atoms with van der Waals surface area (Å²) in [5, 5.41) is 67.4. The first-order valence-corrected chi connectivity index (χ1v) is 5.60. The van der Waals surface area contributed by atoms with Crippen LogP contribution in [0.25, 0.3) is 0 Å². The molecule has 0 heterocycles. The summed E-state index contributed by atoms with van der Waals surface area (Å²) in [5.74, 6) is 0. The summed E-state index contributed by atoms with van der Waals surface area (Å²) >= 11 is 0. The molecule has 0 bridgehead atoms. The van der Waals surface area contributed by atoms with Crippen LogP contribution in [0, 0.1) is 0 Å². The third-order valence-corrected chi connectivity index (χ3v) is 1.61. The average Bonchev–Trinajstić information content (AvgIpc) is 2.44. The summed E-state index contributed by atoms with van der Waals surface area (Å²) < 4.78 is 0. The summed E-state index contributed by atoms with van der Waals surface area (Å²) in [5.41, 5.74) is 0. The second-order valence-electron chi connectivity index (χ2n) is 3.34. The van der Waals surface area contributed by atoms with Gasteiger partial charge in [-0.1, -0.05) is 6.08 Å². The molecule has 118 valence electrons. The van der Waals surface area contributed by atoms with E-state index in [1.165, 1.54) is 0 Å². The third kappa shape index (κ3) is 15.4. The highest BCUT2D eigenvalue weighted by molar-refractivity contribution is 4.79. The molecule has 4 atom stereocenters. The molecule has 0 unspecified atom stereocenters. The van der Waals surface area contributed by atoms with Crippen molar-refractivity contribution in [2.24, 2.45) is 0 Å². The van der Waals surface area contributed by atoms with Crippen molar-refractivity contribution in [3.8, 4) is 0 Å². The minimum atomic E-state index is -1.67. The predicted molar refractivity (Wildman–Crippen MR) is 68.2 cm³/mol. The molecule has 0 aliphatic rings. The lowest BCUT2D eigenvalue weighted by Gasteiger charge is -2.24. The zero-order valence-electron chi connectivity index (χ0n) is 11.0. The van der Waals surface area contributed by atoms with E-state index in [4.69, 9.17) is 40.9 Å². The summed E-state index contributed by atoms with van der Waals surface area (Å²) in [6.07, 6.45) is -4.64. The van der Waals surface area contributed by atoms with Crippen LogP contribution >= 0.6 is 0 Å². The van der Waals surface area contributed by atoms with E-state index < -0.39 is 37.6 Å². The second kappa shape index (κ2) is 17.4. The fraction of sp³-hybridized carbons (Fsp3) is 0.818. The Hall–Kier alpha value is -0.580. The lowest BCUT2D eigenvalue weighted by Crippen LogP contribution is -2.46. The fourth-order valence-electron chi connectivity index (χ4n) is 0.671. The summed E-state index contributed by atoms with van der Waals surface area (Å²) in [6.45, 7) is 3.55. The molecule has 0 saturated heterocycles. The van der Waals surface area contributed by atoms with Gasteiger partial charge in [0.25, 0.3) is 0 Å². The molecule has 0 radical (unpaired) electrons. The van der Waals surface area contributed by atoms with E-state index in [-0.39, 0.29) is 13.2 Å². The Balaban J connectivity index is -0.000000303. The van der Waals surface area contributed by atoms with Gasteiger partial charge in [0.05, 0.1) is 26.4 Å². The molecule has 0 spiro atoms. The zero-order valence-corrected chi connectivity index (χ0v) is 11.0. The van der Waals surface area contributed by atoms with Crippen molar-refractivity contribution in [1.29, 1.82) is 0 Å². The second-order valence-corrected chi connectivity index (χ2v) is 3.34. The smallest absolute Gasteiger partial charge is 0.111 e. The van der Waals surface area contributed by atoms with Crippen molar-refractivity contribution >= 4 is 0 Å². The number of allylic oxidation sites excluding steroid dienone is 1. The summed E-state index contributed by atoms with van der Waals surface area (Å²) in [7, 11) is 0. The molecule has 0 amide bonds. The van der Waals surface area contributed by atoms with E-state index >= 15 is 0 Å². The maximum atomic E-state index is 8.96. The standard InChI is InChI=1S/C6H14O6.C3H6.C2H6O2/c7-1-3(9)5(11)6(12)4(10)2-8;1-3-2;3-1-2-4/h3-12H,1-2H2;3H,1H2,2H3;3-4H,1-2H2/t3-,4-,5-,6-;;/m1../s1. The van der Waals surface area contributed by atoms with Crippen molar-refractivity contribution in [3.63, 3.8) is 0 Å². The van der Waals surface area contributed by atoms with Gasteiger partial charge < -0.3 is 40.9 Å². The van der Waals surface area contributed by atoms with E-state index in [1.54, 1.807) is 6.08 Å². The molecule has 0 saturated carbocycles. The predicted octanol–water partition coefficient (Wildman–Crippen LogP) is -3.42. The Kier molecular flexibility index (Phi) is 21.6. The molecule has 0 aromatic rings. The van der Waals surface area contributed by atoms with Crippen molar-refractivity contribution in [2.45, 2.75) is 31.3 Å². The first-order valence-electron chi connectivity index (χ1n) is 5.60. The van der Waals surface area contributed by atoms with E-state index in [1.807, 2.05) is 6.92 Å². The van der Waals surface area contributed by atoms with E-state index in [9.17, 15) is 0 Å². The largest absolute Gasteiger partial charge is 0.394 e. The van der Waals surface area contributed by atoms with Crippen LogP contribution in [0.15, 0.2) is 12.7 Å². The van der Waals surface area contributed by atoms with E-state index in [2.05, 4.69) is 6.58 Å². The van der Waals surface area contributed by atoms with Crippen molar-refractivity contribution in [3.05, 3.63) is 12.7 Å². The third-order valence-electron chi connectivity index (χ3n) is 1.61. The van der Waals surface area contributed by atoms with Gasteiger partial charge in [0, 0.05) is 0 Å². The molecule has 19 heavy (non-hydrogen) atoms. The first-order chi connectivity index (χ1) is 8.87. The number of aliphatic hydroxyl groups excluding tert-OH is 8. The highest BCUT2D eigenvalue weighted by Gasteiger charge is 2.29. The first kappa shape index (κ1) is 23.5. The summed E-state index contributed by atoms with van der Waals surface area (Å²) in [6, 6.07) is 0. The van der Waals surface area contributed by atoms with Crippen LogP contribution in [-0.2, 0) is 0 Å². The van der Waals surface area contributed by atoms with Gasteiger partial charge in [0.15, 0.2) is 0 Å². The van der Waals surface area contributed by atoms with Crippen molar-refractivity contribution in [2.75, 3.05) is 26.4 Å². The van der Waals surface area contributed by atoms with Gasteiger partial charge in [-0.05, 0) is 6.92 Å². The number of hydrogen-bond donors (Lipinski definition) is 8. The van der Waals surface area contributed by atoms with Crippen LogP contribution in [0.3, 0.4) is 0 Å². The normalized spacial score (nSPS) is 15.8. The van der Waals surface area contributed by atoms with Gasteiger partial charge in [0.2, 0.25) is 0 Å². The molecule has 8 heteroatoms. The highest BCUT2D eigenvalue weighted by atomic mass is 16.4. The minimum Gasteiger partial charge on any atom is -0.394 e. The monoisotopic (exact) mass is 286 g/mol. The van der Waals surface area contributed by atoms with E-state index in [0.29, 0.717) is 0 Å². The maximum Gasteiger partial charge on any atom is 0.111 e. The molecular weight excluding hydrogens is 260 g/mol. The topological polar surface area (TPSA) is 162 Å². The van der Waals surface area contributed by atoms with Gasteiger partial charge in [-0.15, -0.1) is 6.58 Å². The molecule has 0 aliphatic carbocycles. The van der Waals surface area contributed by atoms with Crippen LogP contribution in [0.5, 0.6) is 0 Å². The number of rotatable bonds is 6. The Labute approximate surface area is 112 Å². The molecular formula is C11H26O8. The molecule has 0 fully saturated rings. The Morgan fingerprint density at radius 2 is 1.00 bits per heavy atom. The number of aliphatic hydroxyl groups is 8. The minimum absolute atomic E-state index is 0.125. The lowest BCUT2D eigenvalue weighted by atomic mass is 10.0. The van der Waals surface area contributed by atoms with Gasteiger partial charge >= 0.3 is 0 Å². The van der Waals surface area contributed by atoms with Crippen LogP contribution in [0.2, 0.25) is 0 Å². The van der Waals surface area contributed by atoms with Gasteiger partial charge in [0.1, 0.15) is 24.4 Å². The zero-order chi connectivity index (χ0) is 15.8. The van der Waals surface area contributed by atoms with Gasteiger partial charge in [-0.3, -0.25) is 0 Å². The fourth-order valence-corrected chi connectivity index (χ4v) is 0.671. The summed E-state index contributed by atoms with van der Waals surface area (Å²) in [4.78, 5) is 0. The average molecular weight is 286 g/mol.